The molecule has 0 aliphatic carbocycles. The number of ether oxygens (including phenoxy) is 3. The maximum atomic E-state index is 12.1. The van der Waals surface area contributed by atoms with Gasteiger partial charge in [-0.15, -0.1) is 0 Å². The zero-order valence-corrected chi connectivity index (χ0v) is 20.0. The maximum Gasteiger partial charge on any atom is 0.220 e. The van der Waals surface area contributed by atoms with Gasteiger partial charge in [0.15, 0.2) is 11.5 Å². The number of carbonyl (C=O) groups excluding carboxylic acids is 1. The van der Waals surface area contributed by atoms with Gasteiger partial charge >= 0.3 is 0 Å². The number of halogens is 1. The van der Waals surface area contributed by atoms with Crippen LogP contribution >= 0.6 is 15.9 Å². The van der Waals surface area contributed by atoms with Gasteiger partial charge in [0.05, 0.1) is 19.3 Å². The smallest absolute Gasteiger partial charge is 0.220 e. The van der Waals surface area contributed by atoms with Crippen LogP contribution in [0, 0.1) is 5.92 Å². The monoisotopic (exact) mass is 477 g/mol. The second kappa shape index (κ2) is 11.3. The van der Waals surface area contributed by atoms with Crippen LogP contribution in [0.1, 0.15) is 45.2 Å². The molecule has 30 heavy (non-hydrogen) atoms. The first-order valence-electron chi connectivity index (χ1n) is 10.3. The minimum atomic E-state index is -0.302. The van der Waals surface area contributed by atoms with E-state index in [1.54, 1.807) is 7.11 Å². The summed E-state index contributed by atoms with van der Waals surface area (Å²) in [6, 6.07) is 11.8. The van der Waals surface area contributed by atoms with Gasteiger partial charge in [0, 0.05) is 10.4 Å². The quantitative estimate of drug-likeness (QED) is 0.475. The number of methoxy groups -OCH3 is 1. The molecule has 1 amide bonds. The molecule has 0 radical (unpaired) electrons. The number of benzene rings is 2. The standard InChI is InChI=1S/C24H32BrNO4/c1-15(2)29-20-10-7-17(8-11-20)6-9-18(24(26)27)12-19-13-23(30-16(3)4)22(28-5)14-21(19)25/h7-8,10-11,13-16,18H,6,9,12H2,1-5H3,(H2,26,27). The van der Waals surface area contributed by atoms with Crippen molar-refractivity contribution >= 4 is 21.8 Å². The summed E-state index contributed by atoms with van der Waals surface area (Å²) in [5, 5.41) is 0. The van der Waals surface area contributed by atoms with Gasteiger partial charge < -0.3 is 19.9 Å². The Kier molecular flexibility index (Phi) is 9.03. The zero-order valence-electron chi connectivity index (χ0n) is 18.4. The lowest BCUT2D eigenvalue weighted by Crippen LogP contribution is -2.26. The van der Waals surface area contributed by atoms with E-state index in [1.807, 2.05) is 64.1 Å². The number of aryl methyl sites for hydroxylation is 1. The van der Waals surface area contributed by atoms with E-state index < -0.39 is 0 Å². The molecular weight excluding hydrogens is 446 g/mol. The summed E-state index contributed by atoms with van der Waals surface area (Å²) in [7, 11) is 1.61. The molecule has 0 saturated heterocycles. The van der Waals surface area contributed by atoms with Crippen molar-refractivity contribution in [2.75, 3.05) is 7.11 Å². The molecule has 2 N–H and O–H groups in total. The predicted molar refractivity (Wildman–Crippen MR) is 123 cm³/mol. The Morgan fingerprint density at radius 3 is 2.17 bits per heavy atom. The first-order chi connectivity index (χ1) is 14.2. The van der Waals surface area contributed by atoms with E-state index in [2.05, 4.69) is 15.9 Å². The molecule has 0 aliphatic heterocycles. The fourth-order valence-corrected chi connectivity index (χ4v) is 3.68. The van der Waals surface area contributed by atoms with E-state index in [9.17, 15) is 4.79 Å². The van der Waals surface area contributed by atoms with Crippen LogP contribution in [0.3, 0.4) is 0 Å². The molecule has 0 saturated carbocycles. The Hall–Kier alpha value is -2.21. The number of amides is 1. The molecule has 164 valence electrons. The topological polar surface area (TPSA) is 70.8 Å². The molecule has 1 unspecified atom stereocenters. The third kappa shape index (κ3) is 7.24. The van der Waals surface area contributed by atoms with Crippen LogP contribution < -0.4 is 19.9 Å². The summed E-state index contributed by atoms with van der Waals surface area (Å²) in [6.45, 7) is 7.93. The van der Waals surface area contributed by atoms with Crippen molar-refractivity contribution in [2.45, 2.75) is 59.2 Å². The number of hydrogen-bond donors (Lipinski definition) is 1. The van der Waals surface area contributed by atoms with E-state index in [4.69, 9.17) is 19.9 Å². The maximum absolute atomic E-state index is 12.1. The first kappa shape index (κ1) is 24.1. The predicted octanol–water partition coefficient (Wildman–Crippen LogP) is 5.31. The zero-order chi connectivity index (χ0) is 22.3. The summed E-state index contributed by atoms with van der Waals surface area (Å²) >= 11 is 3.59. The van der Waals surface area contributed by atoms with Gasteiger partial charge in [0.2, 0.25) is 5.91 Å². The number of hydrogen-bond acceptors (Lipinski definition) is 4. The Morgan fingerprint density at radius 1 is 1.00 bits per heavy atom. The number of rotatable bonds is 11. The highest BCUT2D eigenvalue weighted by Gasteiger charge is 2.20. The minimum absolute atomic E-state index is 0.0162. The highest BCUT2D eigenvalue weighted by molar-refractivity contribution is 9.10. The lowest BCUT2D eigenvalue weighted by Gasteiger charge is -2.19. The second-order valence-electron chi connectivity index (χ2n) is 7.91. The summed E-state index contributed by atoms with van der Waals surface area (Å²) in [5.41, 5.74) is 7.84. The van der Waals surface area contributed by atoms with Gasteiger partial charge in [0.25, 0.3) is 0 Å². The molecule has 1 atom stereocenters. The van der Waals surface area contributed by atoms with Crippen LogP contribution in [-0.2, 0) is 17.6 Å². The SMILES string of the molecule is COc1cc(Br)c(CC(CCc2ccc(OC(C)C)cc2)C(N)=O)cc1OC(C)C. The highest BCUT2D eigenvalue weighted by atomic mass is 79.9. The van der Waals surface area contributed by atoms with Crippen molar-refractivity contribution in [3.63, 3.8) is 0 Å². The number of nitrogens with two attached hydrogens (primary N) is 1. The van der Waals surface area contributed by atoms with Crippen LogP contribution in [-0.4, -0.2) is 25.2 Å². The van der Waals surface area contributed by atoms with Gasteiger partial charge in [-0.05, 0) is 82.3 Å². The molecule has 2 aromatic carbocycles. The van der Waals surface area contributed by atoms with Gasteiger partial charge in [-0.1, -0.05) is 28.1 Å². The lowest BCUT2D eigenvalue weighted by molar-refractivity contribution is -0.121. The largest absolute Gasteiger partial charge is 0.493 e. The van der Waals surface area contributed by atoms with Crippen LogP contribution in [0.5, 0.6) is 17.2 Å². The molecular formula is C24H32BrNO4. The van der Waals surface area contributed by atoms with Crippen molar-refractivity contribution in [2.24, 2.45) is 11.7 Å². The van der Waals surface area contributed by atoms with E-state index in [-0.39, 0.29) is 24.0 Å². The Bertz CT molecular complexity index is 834. The Balaban J connectivity index is 2.11. The van der Waals surface area contributed by atoms with Gasteiger partial charge in [-0.25, -0.2) is 0 Å². The van der Waals surface area contributed by atoms with Crippen molar-refractivity contribution < 1.29 is 19.0 Å². The molecule has 0 aliphatic rings. The second-order valence-corrected chi connectivity index (χ2v) is 8.77. The molecule has 2 aromatic rings. The third-order valence-corrected chi connectivity index (χ3v) is 5.38. The minimum Gasteiger partial charge on any atom is -0.493 e. The molecule has 0 spiro atoms. The highest BCUT2D eigenvalue weighted by Crippen LogP contribution is 2.35. The van der Waals surface area contributed by atoms with Crippen molar-refractivity contribution in [1.82, 2.24) is 0 Å². The average molecular weight is 478 g/mol. The normalized spacial score (nSPS) is 12.1. The molecule has 0 aromatic heterocycles. The average Bonchev–Trinajstić information content (AvgIpc) is 2.67. The molecule has 2 rings (SSSR count). The summed E-state index contributed by atoms with van der Waals surface area (Å²) in [4.78, 5) is 12.1. The fraction of sp³-hybridized carbons (Fsp3) is 0.458. The van der Waals surface area contributed by atoms with Gasteiger partial charge in [0.1, 0.15) is 5.75 Å². The third-order valence-electron chi connectivity index (χ3n) is 4.64. The summed E-state index contributed by atoms with van der Waals surface area (Å²) in [5.74, 6) is 1.57. The molecule has 0 bridgehead atoms. The van der Waals surface area contributed by atoms with Crippen LogP contribution in [0.15, 0.2) is 40.9 Å². The van der Waals surface area contributed by atoms with Gasteiger partial charge in [-0.2, -0.15) is 0 Å². The summed E-state index contributed by atoms with van der Waals surface area (Å²) < 4.78 is 17.8. The number of carbonyl (C=O) groups is 1. The van der Waals surface area contributed by atoms with Gasteiger partial charge in [-0.3, -0.25) is 4.79 Å². The Morgan fingerprint density at radius 2 is 1.63 bits per heavy atom. The van der Waals surface area contributed by atoms with E-state index in [0.29, 0.717) is 24.3 Å². The Labute approximate surface area is 188 Å². The first-order valence-corrected chi connectivity index (χ1v) is 11.1. The number of primary amides is 1. The molecule has 0 heterocycles. The van der Waals surface area contributed by atoms with Crippen LogP contribution in [0.2, 0.25) is 0 Å². The van der Waals surface area contributed by atoms with Crippen LogP contribution in [0.25, 0.3) is 0 Å². The van der Waals surface area contributed by atoms with Crippen molar-refractivity contribution in [3.8, 4) is 17.2 Å². The lowest BCUT2D eigenvalue weighted by atomic mass is 9.92. The van der Waals surface area contributed by atoms with E-state index in [1.165, 1.54) is 0 Å². The molecule has 5 nitrogen and oxygen atoms in total. The molecule has 6 heteroatoms. The molecule has 0 fully saturated rings. The van der Waals surface area contributed by atoms with E-state index >= 15 is 0 Å². The van der Waals surface area contributed by atoms with E-state index in [0.717, 1.165) is 27.8 Å². The van der Waals surface area contributed by atoms with Crippen molar-refractivity contribution in [1.29, 1.82) is 0 Å². The van der Waals surface area contributed by atoms with Crippen molar-refractivity contribution in [3.05, 3.63) is 52.0 Å². The summed E-state index contributed by atoms with van der Waals surface area (Å²) in [6.07, 6.45) is 2.12. The van der Waals surface area contributed by atoms with Crippen LogP contribution in [0.4, 0.5) is 0 Å². The fourth-order valence-electron chi connectivity index (χ4n) is 3.20.